The Labute approximate surface area is 117 Å². The van der Waals surface area contributed by atoms with Crippen LogP contribution >= 0.6 is 0 Å². The number of nitrogens with one attached hydrogen (secondary N) is 1. The lowest BCUT2D eigenvalue weighted by Crippen LogP contribution is -2.12. The Kier molecular flexibility index (Phi) is 4.55. The third-order valence-electron chi connectivity index (χ3n) is 2.67. The number of aromatic nitrogens is 1. The number of hydrogen-bond donors (Lipinski definition) is 2. The molecule has 1 amide bonds. The highest BCUT2D eigenvalue weighted by atomic mass is 16.5. The van der Waals surface area contributed by atoms with E-state index in [0.717, 1.165) is 18.7 Å². The van der Waals surface area contributed by atoms with Crippen LogP contribution in [0.25, 0.3) is 0 Å². The smallest absolute Gasteiger partial charge is 0.252 e. The number of para-hydroxylation sites is 1. The summed E-state index contributed by atoms with van der Waals surface area (Å²) in [7, 11) is 0. The topological polar surface area (TPSA) is 77.2 Å². The molecule has 20 heavy (non-hydrogen) atoms. The van der Waals surface area contributed by atoms with Gasteiger partial charge in [0.1, 0.15) is 11.5 Å². The van der Waals surface area contributed by atoms with Gasteiger partial charge in [-0.2, -0.15) is 0 Å². The van der Waals surface area contributed by atoms with Crippen LogP contribution in [0.2, 0.25) is 0 Å². The van der Waals surface area contributed by atoms with E-state index in [1.807, 2.05) is 6.07 Å². The van der Waals surface area contributed by atoms with Crippen LogP contribution in [0.4, 0.5) is 5.69 Å². The first-order valence-corrected chi connectivity index (χ1v) is 6.46. The molecule has 0 saturated carbocycles. The van der Waals surface area contributed by atoms with Crippen LogP contribution in [-0.4, -0.2) is 17.4 Å². The summed E-state index contributed by atoms with van der Waals surface area (Å²) < 4.78 is 5.69. The van der Waals surface area contributed by atoms with E-state index in [4.69, 9.17) is 10.5 Å². The summed E-state index contributed by atoms with van der Waals surface area (Å²) in [6, 6.07) is 8.69. The third-order valence-corrected chi connectivity index (χ3v) is 2.67. The van der Waals surface area contributed by atoms with Gasteiger partial charge in [-0.1, -0.05) is 19.1 Å². The lowest BCUT2D eigenvalue weighted by atomic mass is 10.2. The molecular weight excluding hydrogens is 254 g/mol. The number of amides is 1. The van der Waals surface area contributed by atoms with Gasteiger partial charge in [-0.15, -0.1) is 0 Å². The summed E-state index contributed by atoms with van der Waals surface area (Å²) in [4.78, 5) is 15.4. The molecule has 2 rings (SSSR count). The molecule has 0 aliphatic heterocycles. The average molecular weight is 271 g/mol. The summed E-state index contributed by atoms with van der Waals surface area (Å²) in [5.41, 5.74) is 6.54. The van der Waals surface area contributed by atoms with E-state index in [-0.39, 0.29) is 0 Å². The van der Waals surface area contributed by atoms with Gasteiger partial charge in [0.25, 0.3) is 5.91 Å². The second-order valence-corrected chi connectivity index (χ2v) is 4.30. The molecule has 2 aromatic rings. The maximum Gasteiger partial charge on any atom is 0.252 e. The van der Waals surface area contributed by atoms with Crippen LogP contribution in [0.15, 0.2) is 42.7 Å². The van der Waals surface area contributed by atoms with Gasteiger partial charge in [0.2, 0.25) is 0 Å². The van der Waals surface area contributed by atoms with E-state index >= 15 is 0 Å². The van der Waals surface area contributed by atoms with Gasteiger partial charge < -0.3 is 15.8 Å². The minimum Gasteiger partial charge on any atom is -0.455 e. The Morgan fingerprint density at radius 3 is 2.90 bits per heavy atom. The molecule has 0 atom stereocenters. The van der Waals surface area contributed by atoms with Crippen LogP contribution in [0.3, 0.4) is 0 Å². The normalized spacial score (nSPS) is 10.1. The van der Waals surface area contributed by atoms with Gasteiger partial charge in [0.05, 0.1) is 23.6 Å². The summed E-state index contributed by atoms with van der Waals surface area (Å²) in [6.45, 7) is 2.95. The van der Waals surface area contributed by atoms with Crippen LogP contribution < -0.4 is 15.8 Å². The Balaban J connectivity index is 2.20. The predicted molar refractivity (Wildman–Crippen MR) is 78.1 cm³/mol. The number of hydrogen-bond acceptors (Lipinski definition) is 4. The second-order valence-electron chi connectivity index (χ2n) is 4.30. The number of anilines is 1. The van der Waals surface area contributed by atoms with Crippen molar-refractivity contribution in [1.82, 2.24) is 4.98 Å². The van der Waals surface area contributed by atoms with Crippen molar-refractivity contribution >= 4 is 11.6 Å². The van der Waals surface area contributed by atoms with Gasteiger partial charge in [-0.05, 0) is 18.6 Å². The fraction of sp³-hybridized carbons (Fsp3) is 0.200. The Hall–Kier alpha value is -2.56. The first kappa shape index (κ1) is 13.9. The summed E-state index contributed by atoms with van der Waals surface area (Å²) >= 11 is 0. The maximum atomic E-state index is 11.3. The maximum absolute atomic E-state index is 11.3. The van der Waals surface area contributed by atoms with E-state index in [1.165, 1.54) is 0 Å². The number of pyridine rings is 1. The summed E-state index contributed by atoms with van der Waals surface area (Å²) in [5.74, 6) is 0.461. The lowest BCUT2D eigenvalue weighted by molar-refractivity contribution is 0.0998. The molecule has 0 bridgehead atoms. The summed E-state index contributed by atoms with van der Waals surface area (Å²) in [5, 5.41) is 3.22. The number of carbonyl (C=O) groups excluding carboxylic acids is 1. The van der Waals surface area contributed by atoms with Gasteiger partial charge in [0, 0.05) is 12.6 Å². The molecule has 0 unspecified atom stereocenters. The van der Waals surface area contributed by atoms with Gasteiger partial charge in [0.15, 0.2) is 0 Å². The highest BCUT2D eigenvalue weighted by Crippen LogP contribution is 2.26. The Morgan fingerprint density at radius 2 is 2.15 bits per heavy atom. The number of primary amides is 1. The SMILES string of the molecule is CCCNc1cncc(Oc2ccccc2C(N)=O)c1. The number of nitrogens with two attached hydrogens (primary N) is 1. The quantitative estimate of drug-likeness (QED) is 0.847. The number of rotatable bonds is 6. The lowest BCUT2D eigenvalue weighted by Gasteiger charge is -2.10. The largest absolute Gasteiger partial charge is 0.455 e. The minimum absolute atomic E-state index is 0.347. The fourth-order valence-corrected chi connectivity index (χ4v) is 1.73. The fourth-order valence-electron chi connectivity index (χ4n) is 1.73. The molecule has 0 saturated heterocycles. The van der Waals surface area contributed by atoms with E-state index in [1.54, 1.807) is 36.7 Å². The van der Waals surface area contributed by atoms with Gasteiger partial charge in [-0.25, -0.2) is 0 Å². The third kappa shape index (κ3) is 3.47. The molecule has 5 heteroatoms. The van der Waals surface area contributed by atoms with E-state index in [2.05, 4.69) is 17.2 Å². The first-order valence-electron chi connectivity index (χ1n) is 6.46. The molecular formula is C15H17N3O2. The highest BCUT2D eigenvalue weighted by molar-refractivity contribution is 5.95. The number of benzene rings is 1. The molecule has 1 heterocycles. The van der Waals surface area contributed by atoms with Crippen LogP contribution in [-0.2, 0) is 0 Å². The van der Waals surface area contributed by atoms with Crippen molar-refractivity contribution in [2.75, 3.05) is 11.9 Å². The molecule has 1 aromatic carbocycles. The second kappa shape index (κ2) is 6.56. The van der Waals surface area contributed by atoms with E-state index < -0.39 is 5.91 Å². The number of ether oxygens (including phenoxy) is 1. The number of nitrogens with zero attached hydrogens (tertiary/aromatic N) is 1. The van der Waals surface area contributed by atoms with Crippen LogP contribution in [0.1, 0.15) is 23.7 Å². The van der Waals surface area contributed by atoms with Gasteiger partial charge in [-0.3, -0.25) is 9.78 Å². The van der Waals surface area contributed by atoms with Crippen LogP contribution in [0.5, 0.6) is 11.5 Å². The molecule has 1 aromatic heterocycles. The van der Waals surface area contributed by atoms with Gasteiger partial charge >= 0.3 is 0 Å². The molecule has 0 aliphatic rings. The highest BCUT2D eigenvalue weighted by Gasteiger charge is 2.09. The first-order chi connectivity index (χ1) is 9.70. The van der Waals surface area contributed by atoms with E-state index in [9.17, 15) is 4.79 Å². The predicted octanol–water partition coefficient (Wildman–Crippen LogP) is 2.79. The summed E-state index contributed by atoms with van der Waals surface area (Å²) in [6.07, 6.45) is 4.34. The Bertz CT molecular complexity index is 599. The van der Waals surface area contributed by atoms with Crippen molar-refractivity contribution in [3.63, 3.8) is 0 Å². The molecule has 0 fully saturated rings. The van der Waals surface area contributed by atoms with E-state index in [0.29, 0.717) is 17.1 Å². The zero-order valence-corrected chi connectivity index (χ0v) is 11.3. The van der Waals surface area contributed by atoms with Crippen molar-refractivity contribution in [3.8, 4) is 11.5 Å². The zero-order valence-electron chi connectivity index (χ0n) is 11.3. The standard InChI is InChI=1S/C15H17N3O2/c1-2-7-18-11-8-12(10-17-9-11)20-14-6-4-3-5-13(14)15(16)19/h3-6,8-10,18H,2,7H2,1H3,(H2,16,19). The Morgan fingerprint density at radius 1 is 1.35 bits per heavy atom. The van der Waals surface area contributed by atoms with Crippen molar-refractivity contribution in [2.24, 2.45) is 5.73 Å². The minimum atomic E-state index is -0.520. The van der Waals surface area contributed by atoms with Crippen molar-refractivity contribution in [2.45, 2.75) is 13.3 Å². The molecule has 104 valence electrons. The zero-order chi connectivity index (χ0) is 14.4. The average Bonchev–Trinajstić information content (AvgIpc) is 2.46. The molecule has 0 spiro atoms. The monoisotopic (exact) mass is 271 g/mol. The van der Waals surface area contributed by atoms with Crippen molar-refractivity contribution in [3.05, 3.63) is 48.3 Å². The molecule has 0 radical (unpaired) electrons. The molecule has 3 N–H and O–H groups in total. The molecule has 5 nitrogen and oxygen atoms in total. The number of carbonyl (C=O) groups is 1. The van der Waals surface area contributed by atoms with Crippen molar-refractivity contribution in [1.29, 1.82) is 0 Å². The molecule has 0 aliphatic carbocycles. The van der Waals surface area contributed by atoms with Crippen LogP contribution in [0, 0.1) is 0 Å². The van der Waals surface area contributed by atoms with Crippen molar-refractivity contribution < 1.29 is 9.53 Å².